The Morgan fingerprint density at radius 2 is 2.00 bits per heavy atom. The monoisotopic (exact) mass is 348 g/mol. The second-order valence-corrected chi connectivity index (χ2v) is 7.54. The Morgan fingerprint density at radius 1 is 1.21 bits per heavy atom. The molecule has 6 heteroatoms. The van der Waals surface area contributed by atoms with Gasteiger partial charge >= 0.3 is 0 Å². The summed E-state index contributed by atoms with van der Waals surface area (Å²) in [5.74, 6) is 0.398. The number of carbonyl (C=O) groups is 2. The van der Waals surface area contributed by atoms with Gasteiger partial charge in [-0.2, -0.15) is 0 Å². The number of amides is 2. The average molecular weight is 349 g/mol. The summed E-state index contributed by atoms with van der Waals surface area (Å²) in [5.41, 5.74) is 0.295. The number of phenols is 1. The molecule has 5 nitrogen and oxygen atoms in total. The first-order valence-electron chi connectivity index (χ1n) is 8.63. The molecule has 24 heavy (non-hydrogen) atoms. The van der Waals surface area contributed by atoms with E-state index in [1.165, 1.54) is 6.07 Å². The van der Waals surface area contributed by atoms with Gasteiger partial charge in [-0.25, -0.2) is 0 Å². The predicted octanol–water partition coefficient (Wildman–Crippen LogP) is 2.66. The first kappa shape index (κ1) is 15.8. The van der Waals surface area contributed by atoms with Crippen LogP contribution in [-0.2, 0) is 4.79 Å². The van der Waals surface area contributed by atoms with E-state index in [1.807, 2.05) is 4.90 Å². The third-order valence-electron chi connectivity index (χ3n) is 5.49. The molecule has 1 N–H and O–H groups in total. The van der Waals surface area contributed by atoms with Crippen LogP contribution in [0, 0.1) is 5.92 Å². The first-order chi connectivity index (χ1) is 11.5. The van der Waals surface area contributed by atoms with Crippen molar-refractivity contribution >= 4 is 23.4 Å². The number of hydrogen-bond acceptors (Lipinski definition) is 3. The summed E-state index contributed by atoms with van der Waals surface area (Å²) in [6, 6.07) is 5.31. The molecule has 4 rings (SSSR count). The number of piperidine rings is 2. The maximum atomic E-state index is 12.7. The number of hydrogen-bond donors (Lipinski definition) is 1. The topological polar surface area (TPSA) is 60.9 Å². The number of fused-ring (bicyclic) bond motifs is 1. The fraction of sp³-hybridized carbons (Fsp3) is 0.556. The van der Waals surface area contributed by atoms with Crippen LogP contribution in [0.15, 0.2) is 18.2 Å². The number of likely N-dealkylation sites (tertiary alicyclic amines) is 2. The molecule has 3 fully saturated rings. The standard InChI is InChI=1S/C18H21ClN2O3/c19-12-2-5-14(16(22)9-12)18(24)20-8-7-15-11(10-20)1-6-17(23)21(15)13-3-4-13/h2,5,9,11,13,15,22H,1,3-4,6-8,10H2. The molecular weight excluding hydrogens is 328 g/mol. The average Bonchev–Trinajstić information content (AvgIpc) is 3.38. The SMILES string of the molecule is O=C(c1ccc(Cl)cc1O)N1CCC2C(CCC(=O)N2C2CC2)C1. The quantitative estimate of drug-likeness (QED) is 0.893. The van der Waals surface area contributed by atoms with Crippen LogP contribution in [0.3, 0.4) is 0 Å². The highest BCUT2D eigenvalue weighted by Gasteiger charge is 2.45. The number of phenolic OH excluding ortho intramolecular Hbond substituents is 1. The normalized spacial score (nSPS) is 27.1. The smallest absolute Gasteiger partial charge is 0.257 e. The molecule has 2 heterocycles. The zero-order valence-electron chi connectivity index (χ0n) is 13.4. The lowest BCUT2D eigenvalue weighted by Crippen LogP contribution is -2.57. The molecule has 0 aromatic heterocycles. The molecule has 2 aliphatic heterocycles. The lowest BCUT2D eigenvalue weighted by atomic mass is 9.83. The van der Waals surface area contributed by atoms with Crippen LogP contribution >= 0.6 is 11.6 Å². The fourth-order valence-electron chi connectivity index (χ4n) is 4.16. The van der Waals surface area contributed by atoms with Gasteiger partial charge in [0.15, 0.2) is 0 Å². The molecule has 2 amide bonds. The highest BCUT2D eigenvalue weighted by molar-refractivity contribution is 6.30. The van der Waals surface area contributed by atoms with Gasteiger partial charge in [0.2, 0.25) is 5.91 Å². The Labute approximate surface area is 146 Å². The number of benzene rings is 1. The highest BCUT2D eigenvalue weighted by Crippen LogP contribution is 2.39. The van der Waals surface area contributed by atoms with E-state index in [0.717, 1.165) is 25.7 Å². The van der Waals surface area contributed by atoms with Gasteiger partial charge in [-0.3, -0.25) is 9.59 Å². The van der Waals surface area contributed by atoms with E-state index in [-0.39, 0.29) is 23.6 Å². The van der Waals surface area contributed by atoms with Gasteiger partial charge < -0.3 is 14.9 Å². The van der Waals surface area contributed by atoms with E-state index in [4.69, 9.17) is 11.6 Å². The van der Waals surface area contributed by atoms with Crippen LogP contribution in [0.2, 0.25) is 5.02 Å². The Kier molecular flexibility index (Phi) is 3.91. The fourth-order valence-corrected chi connectivity index (χ4v) is 4.33. The second-order valence-electron chi connectivity index (χ2n) is 7.10. The number of aromatic hydroxyl groups is 1. The molecule has 3 aliphatic rings. The van der Waals surface area contributed by atoms with Crippen molar-refractivity contribution in [3.8, 4) is 5.75 Å². The van der Waals surface area contributed by atoms with Crippen LogP contribution in [0.1, 0.15) is 42.5 Å². The van der Waals surface area contributed by atoms with Crippen molar-refractivity contribution in [2.75, 3.05) is 13.1 Å². The van der Waals surface area contributed by atoms with E-state index in [2.05, 4.69) is 4.90 Å². The molecule has 128 valence electrons. The third-order valence-corrected chi connectivity index (χ3v) is 5.72. The number of rotatable bonds is 2. The molecule has 2 atom stereocenters. The molecule has 1 aliphatic carbocycles. The molecule has 2 saturated heterocycles. The van der Waals surface area contributed by atoms with Crippen molar-refractivity contribution in [3.63, 3.8) is 0 Å². The van der Waals surface area contributed by atoms with Gasteiger partial charge in [0.25, 0.3) is 5.91 Å². The van der Waals surface area contributed by atoms with Crippen molar-refractivity contribution in [2.45, 2.75) is 44.2 Å². The summed E-state index contributed by atoms with van der Waals surface area (Å²) in [4.78, 5) is 28.9. The summed E-state index contributed by atoms with van der Waals surface area (Å²) in [7, 11) is 0. The molecule has 0 spiro atoms. The van der Waals surface area contributed by atoms with Crippen molar-refractivity contribution in [1.82, 2.24) is 9.80 Å². The largest absolute Gasteiger partial charge is 0.507 e. The predicted molar refractivity (Wildman–Crippen MR) is 90.0 cm³/mol. The van der Waals surface area contributed by atoms with Gasteiger partial charge in [-0.15, -0.1) is 0 Å². The van der Waals surface area contributed by atoms with Crippen LogP contribution in [0.4, 0.5) is 0 Å². The molecular formula is C18H21ClN2O3. The van der Waals surface area contributed by atoms with E-state index in [9.17, 15) is 14.7 Å². The molecule has 1 saturated carbocycles. The van der Waals surface area contributed by atoms with Crippen LogP contribution in [0.5, 0.6) is 5.75 Å². The Balaban J connectivity index is 1.50. The zero-order valence-corrected chi connectivity index (χ0v) is 14.2. The van der Waals surface area contributed by atoms with E-state index < -0.39 is 0 Å². The summed E-state index contributed by atoms with van der Waals surface area (Å²) >= 11 is 5.84. The summed E-state index contributed by atoms with van der Waals surface area (Å²) in [5, 5.41) is 10.4. The van der Waals surface area contributed by atoms with Crippen molar-refractivity contribution in [1.29, 1.82) is 0 Å². The third kappa shape index (κ3) is 2.75. The molecule has 0 radical (unpaired) electrons. The Bertz CT molecular complexity index is 689. The molecule has 2 unspecified atom stereocenters. The van der Waals surface area contributed by atoms with E-state index in [1.54, 1.807) is 12.1 Å². The Morgan fingerprint density at radius 3 is 2.71 bits per heavy atom. The number of halogens is 1. The summed E-state index contributed by atoms with van der Waals surface area (Å²) < 4.78 is 0. The maximum absolute atomic E-state index is 12.7. The van der Waals surface area contributed by atoms with Crippen LogP contribution in [-0.4, -0.2) is 51.9 Å². The van der Waals surface area contributed by atoms with Crippen molar-refractivity contribution in [3.05, 3.63) is 28.8 Å². The minimum atomic E-state index is -0.155. The van der Waals surface area contributed by atoms with Gasteiger partial charge in [-0.05, 0) is 49.8 Å². The zero-order chi connectivity index (χ0) is 16.8. The first-order valence-corrected chi connectivity index (χ1v) is 9.01. The van der Waals surface area contributed by atoms with Gasteiger partial charge in [0, 0.05) is 36.6 Å². The summed E-state index contributed by atoms with van der Waals surface area (Å²) in [6.07, 6.45) is 4.51. The minimum absolute atomic E-state index is 0.0759. The summed E-state index contributed by atoms with van der Waals surface area (Å²) in [6.45, 7) is 1.28. The Hall–Kier alpha value is -1.75. The highest BCUT2D eigenvalue weighted by atomic mass is 35.5. The second kappa shape index (κ2) is 5.96. The van der Waals surface area contributed by atoms with Crippen LogP contribution in [0.25, 0.3) is 0 Å². The van der Waals surface area contributed by atoms with Crippen LogP contribution < -0.4 is 0 Å². The van der Waals surface area contributed by atoms with Gasteiger partial charge in [0.1, 0.15) is 5.75 Å². The van der Waals surface area contributed by atoms with E-state index >= 15 is 0 Å². The molecule has 1 aromatic carbocycles. The minimum Gasteiger partial charge on any atom is -0.507 e. The lowest BCUT2D eigenvalue weighted by Gasteiger charge is -2.47. The van der Waals surface area contributed by atoms with E-state index in [0.29, 0.717) is 42.1 Å². The lowest BCUT2D eigenvalue weighted by molar-refractivity contribution is -0.141. The van der Waals surface area contributed by atoms with Gasteiger partial charge in [0.05, 0.1) is 5.56 Å². The van der Waals surface area contributed by atoms with Crippen molar-refractivity contribution < 1.29 is 14.7 Å². The molecule has 1 aromatic rings. The van der Waals surface area contributed by atoms with Gasteiger partial charge in [-0.1, -0.05) is 11.6 Å². The number of carbonyl (C=O) groups excluding carboxylic acids is 2. The maximum Gasteiger partial charge on any atom is 0.257 e. The number of nitrogens with zero attached hydrogens (tertiary/aromatic N) is 2. The van der Waals surface area contributed by atoms with Crippen molar-refractivity contribution in [2.24, 2.45) is 5.92 Å². The molecule has 0 bridgehead atoms.